The molecule has 0 aromatic heterocycles. The molecule has 2 aromatic carbocycles. The van der Waals surface area contributed by atoms with E-state index in [-0.39, 0.29) is 18.2 Å². The molecule has 2 aromatic rings. The summed E-state index contributed by atoms with van der Waals surface area (Å²) < 4.78 is 6.16. The number of benzene rings is 2. The van der Waals surface area contributed by atoms with Gasteiger partial charge in [-0.3, -0.25) is 4.79 Å². The predicted octanol–water partition coefficient (Wildman–Crippen LogP) is 3.42. The number of para-hydroxylation sites is 1. The van der Waals surface area contributed by atoms with E-state index >= 15 is 0 Å². The zero-order valence-corrected chi connectivity index (χ0v) is 15.6. The number of hydrogen-bond acceptors (Lipinski definition) is 4. The summed E-state index contributed by atoms with van der Waals surface area (Å²) in [5.41, 5.74) is 3.10. The van der Waals surface area contributed by atoms with Crippen LogP contribution in [0.5, 0.6) is 17.2 Å². The molecule has 5 nitrogen and oxygen atoms in total. The second-order valence-corrected chi connectivity index (χ2v) is 7.18. The summed E-state index contributed by atoms with van der Waals surface area (Å²) in [5, 5.41) is 23.0. The van der Waals surface area contributed by atoms with Crippen molar-refractivity contribution >= 4 is 5.91 Å². The average molecular weight is 355 g/mol. The molecule has 1 aliphatic rings. The Morgan fingerprint density at radius 2 is 1.85 bits per heavy atom. The van der Waals surface area contributed by atoms with Gasteiger partial charge in [0.25, 0.3) is 5.91 Å². The third-order valence-corrected chi connectivity index (χ3v) is 5.43. The number of rotatable bonds is 3. The highest BCUT2D eigenvalue weighted by atomic mass is 16.5. The van der Waals surface area contributed by atoms with Gasteiger partial charge in [0.1, 0.15) is 17.2 Å². The van der Waals surface area contributed by atoms with Crippen LogP contribution in [0, 0.1) is 20.8 Å². The van der Waals surface area contributed by atoms with Crippen LogP contribution in [0.4, 0.5) is 0 Å². The van der Waals surface area contributed by atoms with Crippen LogP contribution in [0.2, 0.25) is 0 Å². The first-order valence-corrected chi connectivity index (χ1v) is 8.80. The topological polar surface area (TPSA) is 78.8 Å². The highest BCUT2D eigenvalue weighted by Gasteiger charge is 2.40. The van der Waals surface area contributed by atoms with Crippen molar-refractivity contribution in [1.82, 2.24) is 5.32 Å². The molecule has 0 saturated carbocycles. The molecule has 3 rings (SSSR count). The van der Waals surface area contributed by atoms with Crippen LogP contribution in [-0.4, -0.2) is 21.7 Å². The average Bonchev–Trinajstić information content (AvgIpc) is 2.63. The first-order valence-electron chi connectivity index (χ1n) is 8.80. The maximum atomic E-state index is 12.8. The lowest BCUT2D eigenvalue weighted by atomic mass is 9.86. The monoisotopic (exact) mass is 355 g/mol. The fourth-order valence-corrected chi connectivity index (χ4v) is 3.43. The number of aromatic hydroxyl groups is 2. The molecule has 1 heterocycles. The number of phenolic OH excluding ortho intramolecular Hbond substituents is 2. The van der Waals surface area contributed by atoms with E-state index in [2.05, 4.69) is 5.32 Å². The Kier molecular flexibility index (Phi) is 4.57. The smallest absolute Gasteiger partial charge is 0.264 e. The van der Waals surface area contributed by atoms with Crippen molar-refractivity contribution in [3.8, 4) is 17.2 Å². The molecule has 0 spiro atoms. The summed E-state index contributed by atoms with van der Waals surface area (Å²) in [4.78, 5) is 12.8. The lowest BCUT2D eigenvalue weighted by Gasteiger charge is -2.36. The Morgan fingerprint density at radius 3 is 2.54 bits per heavy atom. The molecular weight excluding hydrogens is 330 g/mol. The molecule has 26 heavy (non-hydrogen) atoms. The van der Waals surface area contributed by atoms with E-state index in [1.54, 1.807) is 25.1 Å². The van der Waals surface area contributed by atoms with Crippen molar-refractivity contribution in [3.05, 3.63) is 52.1 Å². The highest BCUT2D eigenvalue weighted by molar-refractivity contribution is 5.86. The maximum absolute atomic E-state index is 12.8. The van der Waals surface area contributed by atoms with E-state index in [0.29, 0.717) is 29.9 Å². The van der Waals surface area contributed by atoms with Crippen molar-refractivity contribution < 1.29 is 19.7 Å². The third-order valence-electron chi connectivity index (χ3n) is 5.43. The SMILES string of the molecule is Cc1c(C)c2c(c(C)c1O)CCC(C)(C(=O)NCc1ccccc1O)O2. The van der Waals surface area contributed by atoms with Gasteiger partial charge in [0, 0.05) is 24.1 Å². The van der Waals surface area contributed by atoms with Gasteiger partial charge in [0.05, 0.1) is 0 Å². The van der Waals surface area contributed by atoms with Crippen LogP contribution in [0.25, 0.3) is 0 Å². The van der Waals surface area contributed by atoms with E-state index in [4.69, 9.17) is 4.74 Å². The number of hydrogen-bond donors (Lipinski definition) is 3. The molecule has 1 amide bonds. The van der Waals surface area contributed by atoms with Crippen molar-refractivity contribution in [3.63, 3.8) is 0 Å². The van der Waals surface area contributed by atoms with Gasteiger partial charge in [-0.1, -0.05) is 18.2 Å². The maximum Gasteiger partial charge on any atom is 0.264 e. The summed E-state index contributed by atoms with van der Waals surface area (Å²) in [6.45, 7) is 7.66. The van der Waals surface area contributed by atoms with E-state index in [9.17, 15) is 15.0 Å². The van der Waals surface area contributed by atoms with E-state index in [1.165, 1.54) is 0 Å². The van der Waals surface area contributed by atoms with Gasteiger partial charge in [-0.05, 0) is 56.9 Å². The van der Waals surface area contributed by atoms with Crippen molar-refractivity contribution in [2.24, 2.45) is 0 Å². The van der Waals surface area contributed by atoms with Gasteiger partial charge in [-0.15, -0.1) is 0 Å². The minimum absolute atomic E-state index is 0.158. The Morgan fingerprint density at radius 1 is 1.15 bits per heavy atom. The zero-order valence-electron chi connectivity index (χ0n) is 15.6. The molecule has 3 N–H and O–H groups in total. The van der Waals surface area contributed by atoms with E-state index in [1.807, 2.05) is 26.8 Å². The summed E-state index contributed by atoms with van der Waals surface area (Å²) in [6.07, 6.45) is 1.19. The zero-order chi connectivity index (χ0) is 19.1. The Labute approximate surface area is 153 Å². The predicted molar refractivity (Wildman–Crippen MR) is 99.6 cm³/mol. The van der Waals surface area contributed by atoms with Gasteiger partial charge < -0.3 is 20.3 Å². The second-order valence-electron chi connectivity index (χ2n) is 7.18. The molecule has 0 fully saturated rings. The van der Waals surface area contributed by atoms with Gasteiger partial charge in [0.2, 0.25) is 0 Å². The summed E-state index contributed by atoms with van der Waals surface area (Å²) >= 11 is 0. The lowest BCUT2D eigenvalue weighted by Crippen LogP contribution is -2.50. The van der Waals surface area contributed by atoms with E-state index < -0.39 is 5.60 Å². The summed E-state index contributed by atoms with van der Waals surface area (Å²) in [6, 6.07) is 6.93. The fraction of sp³-hybridized carbons (Fsp3) is 0.381. The standard InChI is InChI=1S/C21H25NO4/c1-12-13(2)19-16(14(3)18(12)24)9-10-21(4,26-19)20(25)22-11-15-7-5-6-8-17(15)23/h5-8,23-24H,9-11H2,1-4H3,(H,22,25). The Balaban J connectivity index is 1.82. The molecule has 0 saturated heterocycles. The number of phenols is 2. The minimum atomic E-state index is -0.988. The molecule has 1 atom stereocenters. The summed E-state index contributed by atoms with van der Waals surface area (Å²) in [5.74, 6) is 0.946. The molecular formula is C21H25NO4. The van der Waals surface area contributed by atoms with Gasteiger partial charge in [0.15, 0.2) is 5.60 Å². The first kappa shape index (κ1) is 18.1. The van der Waals surface area contributed by atoms with Gasteiger partial charge in [-0.2, -0.15) is 0 Å². The molecule has 0 radical (unpaired) electrons. The number of nitrogens with one attached hydrogen (secondary N) is 1. The van der Waals surface area contributed by atoms with E-state index in [0.717, 1.165) is 22.3 Å². The first-order chi connectivity index (χ1) is 12.2. The fourth-order valence-electron chi connectivity index (χ4n) is 3.43. The van der Waals surface area contributed by atoms with Crippen LogP contribution >= 0.6 is 0 Å². The number of amides is 1. The number of ether oxygens (including phenoxy) is 1. The van der Waals surface area contributed by atoms with Crippen LogP contribution < -0.4 is 10.1 Å². The van der Waals surface area contributed by atoms with Crippen LogP contribution in [-0.2, 0) is 17.8 Å². The van der Waals surface area contributed by atoms with Crippen molar-refractivity contribution in [2.45, 2.75) is 52.7 Å². The number of carbonyl (C=O) groups excluding carboxylic acids is 1. The van der Waals surface area contributed by atoms with Crippen LogP contribution in [0.3, 0.4) is 0 Å². The molecule has 1 unspecified atom stereocenters. The Hall–Kier alpha value is -2.69. The normalized spacial score (nSPS) is 18.8. The second kappa shape index (κ2) is 6.56. The summed E-state index contributed by atoms with van der Waals surface area (Å²) in [7, 11) is 0. The molecule has 1 aliphatic heterocycles. The Bertz CT molecular complexity index is 875. The molecule has 5 heteroatoms. The molecule has 0 aliphatic carbocycles. The van der Waals surface area contributed by atoms with Crippen molar-refractivity contribution in [1.29, 1.82) is 0 Å². The third kappa shape index (κ3) is 2.98. The number of fused-ring (bicyclic) bond motifs is 1. The van der Waals surface area contributed by atoms with Crippen molar-refractivity contribution in [2.75, 3.05) is 0 Å². The molecule has 138 valence electrons. The quantitative estimate of drug-likeness (QED) is 0.788. The number of carbonyl (C=O) groups is 1. The lowest BCUT2D eigenvalue weighted by molar-refractivity contribution is -0.137. The minimum Gasteiger partial charge on any atom is -0.508 e. The molecule has 0 bridgehead atoms. The van der Waals surface area contributed by atoms with Gasteiger partial charge >= 0.3 is 0 Å². The largest absolute Gasteiger partial charge is 0.508 e. The van der Waals surface area contributed by atoms with Crippen LogP contribution in [0.15, 0.2) is 24.3 Å². The highest BCUT2D eigenvalue weighted by Crippen LogP contribution is 2.43. The van der Waals surface area contributed by atoms with Crippen LogP contribution in [0.1, 0.15) is 41.2 Å². The van der Waals surface area contributed by atoms with Gasteiger partial charge in [-0.25, -0.2) is 0 Å².